The van der Waals surface area contributed by atoms with Crippen LogP contribution in [0.5, 0.6) is 0 Å². The molecule has 1 fully saturated rings. The number of likely N-dealkylation sites (tertiary alicyclic amines) is 1. The fraction of sp³-hybridized carbons (Fsp3) is 0.273. The van der Waals surface area contributed by atoms with Gasteiger partial charge >= 0.3 is 0 Å². The van der Waals surface area contributed by atoms with Crippen LogP contribution < -0.4 is 0 Å². The topological polar surface area (TPSA) is 37.4 Å². The molecule has 0 aliphatic carbocycles. The van der Waals surface area contributed by atoms with E-state index in [-0.39, 0.29) is 11.8 Å². The first-order valence-corrected chi connectivity index (χ1v) is 4.56. The Labute approximate surface area is 82.3 Å². The molecule has 2 rings (SSSR count). The molecule has 0 bridgehead atoms. The quantitative estimate of drug-likeness (QED) is 0.652. The van der Waals surface area contributed by atoms with Crippen LogP contribution >= 0.6 is 0 Å². The number of carbonyl (C=O) groups is 2. The first-order chi connectivity index (χ1) is 6.77. The third-order valence-corrected chi connectivity index (χ3v) is 2.26. The van der Waals surface area contributed by atoms with Gasteiger partial charge in [-0.15, -0.1) is 0 Å². The Hall–Kier alpha value is -1.64. The van der Waals surface area contributed by atoms with Crippen molar-refractivity contribution >= 4 is 11.8 Å². The first kappa shape index (κ1) is 8.94. The second-order valence-electron chi connectivity index (χ2n) is 3.26. The van der Waals surface area contributed by atoms with Gasteiger partial charge in [-0.2, -0.15) is 0 Å². The van der Waals surface area contributed by atoms with Crippen LogP contribution in [0, 0.1) is 6.07 Å². The smallest absolute Gasteiger partial charge is 0.229 e. The molecular weight excluding hydrogens is 178 g/mol. The van der Waals surface area contributed by atoms with E-state index >= 15 is 0 Å². The zero-order valence-corrected chi connectivity index (χ0v) is 7.69. The van der Waals surface area contributed by atoms with Crippen molar-refractivity contribution in [2.75, 3.05) is 0 Å². The van der Waals surface area contributed by atoms with Crippen LogP contribution in [0.4, 0.5) is 0 Å². The lowest BCUT2D eigenvalue weighted by Gasteiger charge is -2.12. The van der Waals surface area contributed by atoms with Gasteiger partial charge in [0, 0.05) is 12.8 Å². The zero-order chi connectivity index (χ0) is 9.97. The monoisotopic (exact) mass is 188 g/mol. The molecule has 2 amide bonds. The van der Waals surface area contributed by atoms with Gasteiger partial charge in [-0.05, 0) is 11.6 Å². The fourth-order valence-electron chi connectivity index (χ4n) is 1.50. The number of imide groups is 1. The molecular formula is C11H10NO2. The van der Waals surface area contributed by atoms with E-state index in [0.29, 0.717) is 19.4 Å². The van der Waals surface area contributed by atoms with Crippen LogP contribution in [-0.4, -0.2) is 16.7 Å². The molecule has 0 N–H and O–H groups in total. The number of hydrogen-bond donors (Lipinski definition) is 0. The largest absolute Gasteiger partial charge is 0.278 e. The molecule has 1 aliphatic heterocycles. The summed E-state index contributed by atoms with van der Waals surface area (Å²) < 4.78 is 0. The van der Waals surface area contributed by atoms with Crippen LogP contribution in [0.3, 0.4) is 0 Å². The van der Waals surface area contributed by atoms with Gasteiger partial charge in [0.15, 0.2) is 0 Å². The lowest BCUT2D eigenvalue weighted by atomic mass is 10.2. The Bertz CT molecular complexity index is 343. The van der Waals surface area contributed by atoms with E-state index < -0.39 is 0 Å². The molecule has 3 heteroatoms. The van der Waals surface area contributed by atoms with Crippen LogP contribution in [-0.2, 0) is 16.1 Å². The van der Waals surface area contributed by atoms with Crippen molar-refractivity contribution in [3.63, 3.8) is 0 Å². The van der Waals surface area contributed by atoms with Crippen molar-refractivity contribution in [1.29, 1.82) is 0 Å². The minimum atomic E-state index is -0.0766. The van der Waals surface area contributed by atoms with Gasteiger partial charge in [0.1, 0.15) is 0 Å². The molecule has 1 aliphatic rings. The average molecular weight is 188 g/mol. The van der Waals surface area contributed by atoms with Crippen molar-refractivity contribution in [1.82, 2.24) is 4.90 Å². The maximum atomic E-state index is 11.3. The van der Waals surface area contributed by atoms with Crippen LogP contribution in [0.1, 0.15) is 18.4 Å². The molecule has 14 heavy (non-hydrogen) atoms. The summed E-state index contributed by atoms with van der Waals surface area (Å²) in [6.07, 6.45) is 0.706. The first-order valence-electron chi connectivity index (χ1n) is 4.56. The molecule has 0 spiro atoms. The Balaban J connectivity index is 2.11. The third-order valence-electron chi connectivity index (χ3n) is 2.26. The summed E-state index contributed by atoms with van der Waals surface area (Å²) >= 11 is 0. The SMILES string of the molecule is O=C1CCC(=O)N1Cc1[c]cccc1. The summed E-state index contributed by atoms with van der Waals surface area (Å²) in [6.45, 7) is 0.360. The number of nitrogens with zero attached hydrogens (tertiary/aromatic N) is 1. The number of benzene rings is 1. The number of hydrogen-bond acceptors (Lipinski definition) is 2. The van der Waals surface area contributed by atoms with E-state index in [2.05, 4.69) is 6.07 Å². The van der Waals surface area contributed by atoms with Gasteiger partial charge in [-0.25, -0.2) is 0 Å². The molecule has 1 radical (unpaired) electrons. The molecule has 0 unspecified atom stereocenters. The highest BCUT2D eigenvalue weighted by atomic mass is 16.2. The highest BCUT2D eigenvalue weighted by Crippen LogP contribution is 2.14. The normalized spacial score (nSPS) is 16.4. The minimum Gasteiger partial charge on any atom is -0.278 e. The summed E-state index contributed by atoms with van der Waals surface area (Å²) in [5.74, 6) is -0.153. The van der Waals surface area contributed by atoms with Gasteiger partial charge < -0.3 is 0 Å². The molecule has 0 aromatic heterocycles. The summed E-state index contributed by atoms with van der Waals surface area (Å²) in [6, 6.07) is 10.4. The molecule has 0 saturated carbocycles. The molecule has 1 aromatic carbocycles. The fourth-order valence-corrected chi connectivity index (χ4v) is 1.50. The van der Waals surface area contributed by atoms with E-state index in [1.165, 1.54) is 4.90 Å². The predicted octanol–water partition coefficient (Wildman–Crippen LogP) is 1.14. The van der Waals surface area contributed by atoms with Crippen LogP contribution in [0.2, 0.25) is 0 Å². The van der Waals surface area contributed by atoms with Gasteiger partial charge in [0.05, 0.1) is 6.54 Å². The van der Waals surface area contributed by atoms with Gasteiger partial charge in [0.25, 0.3) is 0 Å². The van der Waals surface area contributed by atoms with Gasteiger partial charge in [0.2, 0.25) is 11.8 Å². The lowest BCUT2D eigenvalue weighted by Crippen LogP contribution is -2.28. The average Bonchev–Trinajstić information content (AvgIpc) is 2.51. The zero-order valence-electron chi connectivity index (χ0n) is 7.69. The second-order valence-corrected chi connectivity index (χ2v) is 3.26. The summed E-state index contributed by atoms with van der Waals surface area (Å²) in [4.78, 5) is 23.9. The van der Waals surface area contributed by atoms with Crippen molar-refractivity contribution in [3.05, 3.63) is 35.9 Å². The molecule has 1 aromatic rings. The maximum Gasteiger partial charge on any atom is 0.229 e. The highest BCUT2D eigenvalue weighted by molar-refractivity contribution is 6.01. The predicted molar refractivity (Wildman–Crippen MR) is 50.1 cm³/mol. The van der Waals surface area contributed by atoms with Crippen molar-refractivity contribution in [2.45, 2.75) is 19.4 Å². The molecule has 1 saturated heterocycles. The van der Waals surface area contributed by atoms with E-state index in [9.17, 15) is 9.59 Å². The lowest BCUT2D eigenvalue weighted by molar-refractivity contribution is -0.139. The van der Waals surface area contributed by atoms with E-state index in [4.69, 9.17) is 0 Å². The number of carbonyl (C=O) groups excluding carboxylic acids is 2. The van der Waals surface area contributed by atoms with E-state index in [1.807, 2.05) is 18.2 Å². The van der Waals surface area contributed by atoms with Gasteiger partial charge in [-0.1, -0.05) is 24.3 Å². The minimum absolute atomic E-state index is 0.0766. The highest BCUT2D eigenvalue weighted by Gasteiger charge is 2.28. The standard InChI is InChI=1S/C11H10NO2/c13-10-6-7-11(14)12(10)8-9-4-2-1-3-5-9/h1-4H,6-8H2. The molecule has 1 heterocycles. The van der Waals surface area contributed by atoms with Crippen molar-refractivity contribution < 1.29 is 9.59 Å². The Morgan fingerprint density at radius 2 is 1.93 bits per heavy atom. The maximum absolute atomic E-state index is 11.3. The van der Waals surface area contributed by atoms with Gasteiger partial charge in [-0.3, -0.25) is 14.5 Å². The second kappa shape index (κ2) is 3.62. The Morgan fingerprint density at radius 1 is 1.21 bits per heavy atom. The number of rotatable bonds is 2. The Morgan fingerprint density at radius 3 is 2.50 bits per heavy atom. The molecule has 3 nitrogen and oxygen atoms in total. The summed E-state index contributed by atoms with van der Waals surface area (Å²) in [5, 5.41) is 0. The van der Waals surface area contributed by atoms with Crippen molar-refractivity contribution in [3.8, 4) is 0 Å². The molecule has 71 valence electrons. The van der Waals surface area contributed by atoms with Crippen molar-refractivity contribution in [2.24, 2.45) is 0 Å². The van der Waals surface area contributed by atoms with E-state index in [1.54, 1.807) is 6.07 Å². The van der Waals surface area contributed by atoms with Crippen LogP contribution in [0.15, 0.2) is 24.3 Å². The molecule has 0 atom stereocenters. The number of amides is 2. The Kier molecular flexibility index (Phi) is 2.31. The van der Waals surface area contributed by atoms with Crippen LogP contribution in [0.25, 0.3) is 0 Å². The third kappa shape index (κ3) is 1.66. The van der Waals surface area contributed by atoms with E-state index in [0.717, 1.165) is 5.56 Å². The summed E-state index contributed by atoms with van der Waals surface area (Å²) in [5.41, 5.74) is 0.871. The summed E-state index contributed by atoms with van der Waals surface area (Å²) in [7, 11) is 0.